The zero-order chi connectivity index (χ0) is 26.1. The molecule has 8 bridgehead atoms. The van der Waals surface area contributed by atoms with Crippen molar-refractivity contribution in [1.29, 1.82) is 0 Å². The summed E-state index contributed by atoms with van der Waals surface area (Å²) < 4.78 is 24.4. The zero-order valence-corrected chi connectivity index (χ0v) is 23.9. The van der Waals surface area contributed by atoms with Crippen molar-refractivity contribution in [1.82, 2.24) is 0 Å². The zero-order valence-electron chi connectivity index (χ0n) is 23.9. The molecule has 10 fully saturated rings. The fourth-order valence-corrected chi connectivity index (χ4v) is 12.1. The molecule has 12 rings (SSSR count). The van der Waals surface area contributed by atoms with Crippen LogP contribution in [0.3, 0.4) is 0 Å². The minimum Gasteiger partial charge on any atom is -0.491 e. The molecule has 0 spiro atoms. The third kappa shape index (κ3) is 3.77. The highest BCUT2D eigenvalue weighted by molar-refractivity contribution is 5.94. The Kier molecular flexibility index (Phi) is 4.99. The van der Waals surface area contributed by atoms with Gasteiger partial charge in [0.05, 0.1) is 13.2 Å². The standard InChI is InChI=1S/C36H44O4/c1-2-33(40-20-29-19-39-29)34(36-14-24-6-25(15-36)8-26(7-24)16-36)31-9-27(37-17-28-18-38-28)10-32(30(1)31)35-11-21-3-22(12-35)5-23(4-21)13-35/h1-2,9-10,21-26,28-29H,3-8,11-20H2. The lowest BCUT2D eigenvalue weighted by Gasteiger charge is -2.58. The van der Waals surface area contributed by atoms with E-state index < -0.39 is 0 Å². The Balaban J connectivity index is 1.17. The van der Waals surface area contributed by atoms with E-state index in [1.807, 2.05) is 0 Å². The molecular formula is C36H44O4. The smallest absolute Gasteiger partial charge is 0.123 e. The molecule has 8 aliphatic carbocycles. The van der Waals surface area contributed by atoms with Crippen molar-refractivity contribution < 1.29 is 18.9 Å². The lowest BCUT2D eigenvalue weighted by molar-refractivity contribution is -0.00610. The number of benzene rings is 2. The van der Waals surface area contributed by atoms with Gasteiger partial charge in [0.25, 0.3) is 0 Å². The van der Waals surface area contributed by atoms with Crippen molar-refractivity contribution in [2.45, 2.75) is 100 Å². The van der Waals surface area contributed by atoms with Crippen LogP contribution in [0.2, 0.25) is 0 Å². The Bertz CT molecular complexity index is 1280. The Morgan fingerprint density at radius 3 is 1.62 bits per heavy atom. The number of rotatable bonds is 8. The molecule has 2 aromatic rings. The molecule has 2 heterocycles. The molecule has 4 heteroatoms. The van der Waals surface area contributed by atoms with Crippen LogP contribution < -0.4 is 9.47 Å². The van der Waals surface area contributed by atoms with Gasteiger partial charge in [0.2, 0.25) is 0 Å². The highest BCUT2D eigenvalue weighted by Crippen LogP contribution is 2.65. The fourth-order valence-electron chi connectivity index (χ4n) is 12.1. The minimum atomic E-state index is 0.255. The average molecular weight is 541 g/mol. The topological polar surface area (TPSA) is 43.5 Å². The SMILES string of the molecule is c1cc2c(C34CC5CC(CC(C5)C3)C4)cc(OCC3CO3)cc2c(C23CC4CC(CC(C4)C2)C3)c1OCC1CO1. The van der Waals surface area contributed by atoms with E-state index in [1.54, 1.807) is 11.1 Å². The number of fused-ring (bicyclic) bond motifs is 1. The van der Waals surface area contributed by atoms with Gasteiger partial charge in [0.1, 0.15) is 36.9 Å². The van der Waals surface area contributed by atoms with Gasteiger partial charge in [0.15, 0.2) is 0 Å². The van der Waals surface area contributed by atoms with Crippen LogP contribution in [-0.4, -0.2) is 38.6 Å². The molecule has 2 atom stereocenters. The summed E-state index contributed by atoms with van der Waals surface area (Å²) in [6.45, 7) is 3.04. The molecule has 2 saturated heterocycles. The van der Waals surface area contributed by atoms with E-state index in [-0.39, 0.29) is 17.6 Å². The maximum atomic E-state index is 6.71. The van der Waals surface area contributed by atoms with Crippen LogP contribution in [0.15, 0.2) is 24.3 Å². The Morgan fingerprint density at radius 2 is 1.10 bits per heavy atom. The lowest BCUT2D eigenvalue weighted by atomic mass is 9.47. The summed E-state index contributed by atoms with van der Waals surface area (Å²) in [5, 5.41) is 2.97. The molecule has 0 amide bonds. The number of hydrogen-bond donors (Lipinski definition) is 0. The van der Waals surface area contributed by atoms with E-state index in [2.05, 4.69) is 24.3 Å². The van der Waals surface area contributed by atoms with Crippen molar-refractivity contribution in [3.8, 4) is 11.5 Å². The first kappa shape index (κ1) is 23.7. The minimum absolute atomic E-state index is 0.255. The van der Waals surface area contributed by atoms with Crippen LogP contribution in [0.4, 0.5) is 0 Å². The van der Waals surface area contributed by atoms with E-state index in [0.717, 1.165) is 60.2 Å². The summed E-state index contributed by atoms with van der Waals surface area (Å²) in [5.41, 5.74) is 3.74. The van der Waals surface area contributed by atoms with Crippen LogP contribution in [0.5, 0.6) is 11.5 Å². The first-order chi connectivity index (χ1) is 19.6. The van der Waals surface area contributed by atoms with E-state index in [9.17, 15) is 0 Å². The van der Waals surface area contributed by atoms with Crippen LogP contribution in [-0.2, 0) is 20.3 Å². The molecule has 212 valence electrons. The molecule has 2 aromatic carbocycles. The summed E-state index contributed by atoms with van der Waals surface area (Å²) >= 11 is 0. The van der Waals surface area contributed by atoms with E-state index in [4.69, 9.17) is 18.9 Å². The van der Waals surface area contributed by atoms with Gasteiger partial charge in [-0.2, -0.15) is 0 Å². The molecule has 10 aliphatic rings. The van der Waals surface area contributed by atoms with Crippen molar-refractivity contribution in [3.63, 3.8) is 0 Å². The molecule has 4 nitrogen and oxygen atoms in total. The maximum absolute atomic E-state index is 6.71. The van der Waals surface area contributed by atoms with Gasteiger partial charge >= 0.3 is 0 Å². The lowest BCUT2D eigenvalue weighted by Crippen LogP contribution is -2.49. The predicted octanol–water partition coefficient (Wildman–Crippen LogP) is 7.33. The summed E-state index contributed by atoms with van der Waals surface area (Å²) in [6.07, 6.45) is 17.6. The van der Waals surface area contributed by atoms with Gasteiger partial charge in [-0.3, -0.25) is 0 Å². The number of epoxide rings is 2. The molecule has 0 N–H and O–H groups in total. The van der Waals surface area contributed by atoms with Gasteiger partial charge in [-0.05, 0) is 153 Å². The highest BCUT2D eigenvalue weighted by Gasteiger charge is 2.55. The molecule has 2 aliphatic heterocycles. The van der Waals surface area contributed by atoms with Gasteiger partial charge in [0, 0.05) is 11.0 Å². The number of hydrogen-bond acceptors (Lipinski definition) is 4. The van der Waals surface area contributed by atoms with Crippen molar-refractivity contribution in [2.75, 3.05) is 26.4 Å². The predicted molar refractivity (Wildman–Crippen MR) is 154 cm³/mol. The Labute approximate surface area is 238 Å². The second-order valence-corrected chi connectivity index (χ2v) is 15.9. The van der Waals surface area contributed by atoms with Crippen LogP contribution >= 0.6 is 0 Å². The van der Waals surface area contributed by atoms with Crippen LogP contribution in [0.1, 0.15) is 88.2 Å². The molecule has 8 saturated carbocycles. The normalized spacial score (nSPS) is 45.3. The van der Waals surface area contributed by atoms with Crippen molar-refractivity contribution >= 4 is 10.8 Å². The summed E-state index contributed by atoms with van der Waals surface area (Å²) in [7, 11) is 0. The second kappa shape index (κ2) is 8.40. The van der Waals surface area contributed by atoms with Gasteiger partial charge in [-0.1, -0.05) is 6.07 Å². The second-order valence-electron chi connectivity index (χ2n) is 15.9. The first-order valence-electron chi connectivity index (χ1n) is 16.7. The van der Waals surface area contributed by atoms with Crippen LogP contribution in [0.25, 0.3) is 10.8 Å². The van der Waals surface area contributed by atoms with E-state index in [1.165, 1.54) is 87.8 Å². The molecule has 2 unspecified atom stereocenters. The largest absolute Gasteiger partial charge is 0.491 e. The van der Waals surface area contributed by atoms with Crippen LogP contribution in [0, 0.1) is 35.5 Å². The summed E-state index contributed by atoms with van der Waals surface area (Å²) in [4.78, 5) is 0. The molecule has 0 aromatic heterocycles. The van der Waals surface area contributed by atoms with Crippen molar-refractivity contribution in [2.24, 2.45) is 35.5 Å². The van der Waals surface area contributed by atoms with Gasteiger partial charge < -0.3 is 18.9 Å². The van der Waals surface area contributed by atoms with Gasteiger partial charge in [-0.25, -0.2) is 0 Å². The highest BCUT2D eigenvalue weighted by atomic mass is 16.6. The Hall–Kier alpha value is -1.78. The third-order valence-electron chi connectivity index (χ3n) is 12.9. The van der Waals surface area contributed by atoms with E-state index >= 15 is 0 Å². The first-order valence-corrected chi connectivity index (χ1v) is 16.7. The average Bonchev–Trinajstić information content (AvgIpc) is 3.84. The summed E-state index contributed by atoms with van der Waals surface area (Å²) in [6, 6.07) is 9.74. The molecule has 40 heavy (non-hydrogen) atoms. The monoisotopic (exact) mass is 540 g/mol. The molecule has 0 radical (unpaired) electrons. The third-order valence-corrected chi connectivity index (χ3v) is 12.9. The Morgan fingerprint density at radius 1 is 0.600 bits per heavy atom. The van der Waals surface area contributed by atoms with Crippen molar-refractivity contribution in [3.05, 3.63) is 35.4 Å². The number of ether oxygens (including phenoxy) is 4. The van der Waals surface area contributed by atoms with E-state index in [0.29, 0.717) is 18.6 Å². The van der Waals surface area contributed by atoms with Gasteiger partial charge in [-0.15, -0.1) is 0 Å². The maximum Gasteiger partial charge on any atom is 0.123 e. The molecular weight excluding hydrogens is 496 g/mol. The fraction of sp³-hybridized carbons (Fsp3) is 0.722. The quantitative estimate of drug-likeness (QED) is 0.329. The summed E-state index contributed by atoms with van der Waals surface area (Å²) in [5.74, 6) is 7.69.